The fourth-order valence-electron chi connectivity index (χ4n) is 1.62. The van der Waals surface area contributed by atoms with Gasteiger partial charge in [-0.15, -0.1) is 11.3 Å². The Labute approximate surface area is 90.1 Å². The van der Waals surface area contributed by atoms with Crippen molar-refractivity contribution in [2.24, 2.45) is 5.73 Å². The molecule has 0 aromatic carbocycles. The van der Waals surface area contributed by atoms with Gasteiger partial charge in [0.15, 0.2) is 0 Å². The smallest absolute Gasteiger partial charge is 0.0771 e. The molecule has 0 amide bonds. The highest BCUT2D eigenvalue weighted by atomic mass is 32.1. The van der Waals surface area contributed by atoms with Crippen molar-refractivity contribution in [1.29, 1.82) is 0 Å². The average molecular weight is 213 g/mol. The van der Waals surface area contributed by atoms with Gasteiger partial charge in [0.2, 0.25) is 0 Å². The van der Waals surface area contributed by atoms with Gasteiger partial charge in [-0.1, -0.05) is 13.3 Å². The van der Waals surface area contributed by atoms with Crippen LogP contribution in [-0.2, 0) is 4.74 Å². The summed E-state index contributed by atoms with van der Waals surface area (Å²) in [5, 5.41) is 2.09. The number of thiophene rings is 1. The van der Waals surface area contributed by atoms with Gasteiger partial charge in [0.1, 0.15) is 0 Å². The van der Waals surface area contributed by atoms with Gasteiger partial charge in [-0.3, -0.25) is 0 Å². The van der Waals surface area contributed by atoms with Crippen LogP contribution in [0.4, 0.5) is 0 Å². The molecule has 0 saturated heterocycles. The summed E-state index contributed by atoms with van der Waals surface area (Å²) >= 11 is 1.72. The van der Waals surface area contributed by atoms with Crippen LogP contribution in [0, 0.1) is 6.92 Å². The lowest BCUT2D eigenvalue weighted by atomic mass is 10.0. The van der Waals surface area contributed by atoms with Crippen LogP contribution in [0.2, 0.25) is 0 Å². The SMILES string of the molecule is CCCC(OC)C(N)c1sccc1C. The Morgan fingerprint density at radius 3 is 2.71 bits per heavy atom. The molecule has 0 bridgehead atoms. The maximum atomic E-state index is 6.17. The van der Waals surface area contributed by atoms with Crippen molar-refractivity contribution in [2.75, 3.05) is 7.11 Å². The van der Waals surface area contributed by atoms with E-state index in [0.29, 0.717) is 0 Å². The van der Waals surface area contributed by atoms with Gasteiger partial charge >= 0.3 is 0 Å². The Bertz CT molecular complexity index is 272. The molecule has 0 spiro atoms. The first kappa shape index (κ1) is 11.7. The van der Waals surface area contributed by atoms with Crippen LogP contribution >= 0.6 is 11.3 Å². The molecule has 2 nitrogen and oxygen atoms in total. The monoisotopic (exact) mass is 213 g/mol. The third-order valence-electron chi connectivity index (χ3n) is 2.48. The lowest BCUT2D eigenvalue weighted by molar-refractivity contribution is 0.0733. The molecule has 0 saturated carbocycles. The van der Waals surface area contributed by atoms with E-state index in [9.17, 15) is 0 Å². The van der Waals surface area contributed by atoms with Crippen molar-refractivity contribution in [1.82, 2.24) is 0 Å². The Balaban J connectivity index is 2.72. The lowest BCUT2D eigenvalue weighted by Gasteiger charge is -2.21. The molecule has 80 valence electrons. The standard InChI is InChI=1S/C11H19NOS/c1-4-5-9(13-3)10(12)11-8(2)6-7-14-11/h6-7,9-10H,4-5,12H2,1-3H3. The molecule has 0 radical (unpaired) electrons. The molecule has 2 N–H and O–H groups in total. The number of nitrogens with two attached hydrogens (primary N) is 1. The average Bonchev–Trinajstić information content (AvgIpc) is 2.59. The first-order valence-corrected chi connectivity index (χ1v) is 5.91. The number of hydrogen-bond acceptors (Lipinski definition) is 3. The van der Waals surface area contributed by atoms with Gasteiger partial charge in [-0.25, -0.2) is 0 Å². The maximum Gasteiger partial charge on any atom is 0.0771 e. The van der Waals surface area contributed by atoms with Gasteiger partial charge in [0, 0.05) is 12.0 Å². The van der Waals surface area contributed by atoms with Crippen molar-refractivity contribution < 1.29 is 4.74 Å². The minimum atomic E-state index is 0.0277. The first-order chi connectivity index (χ1) is 6.70. The highest BCUT2D eigenvalue weighted by Crippen LogP contribution is 2.27. The summed E-state index contributed by atoms with van der Waals surface area (Å²) in [5.41, 5.74) is 7.44. The second kappa shape index (κ2) is 5.49. The van der Waals surface area contributed by atoms with Crippen molar-refractivity contribution in [3.63, 3.8) is 0 Å². The Morgan fingerprint density at radius 1 is 1.57 bits per heavy atom. The largest absolute Gasteiger partial charge is 0.379 e. The molecule has 0 aliphatic rings. The molecule has 1 aromatic rings. The molecular formula is C11H19NOS. The summed E-state index contributed by atoms with van der Waals surface area (Å²) < 4.78 is 5.41. The van der Waals surface area contributed by atoms with E-state index in [1.54, 1.807) is 18.4 Å². The Kier molecular flexibility index (Phi) is 4.58. The maximum absolute atomic E-state index is 6.17. The summed E-state index contributed by atoms with van der Waals surface area (Å²) in [7, 11) is 1.74. The molecule has 14 heavy (non-hydrogen) atoms. The molecule has 3 heteroatoms. The predicted molar refractivity (Wildman–Crippen MR) is 61.7 cm³/mol. The van der Waals surface area contributed by atoms with E-state index in [-0.39, 0.29) is 12.1 Å². The molecule has 2 atom stereocenters. The highest BCUT2D eigenvalue weighted by molar-refractivity contribution is 7.10. The van der Waals surface area contributed by atoms with E-state index in [4.69, 9.17) is 10.5 Å². The summed E-state index contributed by atoms with van der Waals surface area (Å²) in [6.07, 6.45) is 2.28. The number of aryl methyl sites for hydroxylation is 1. The van der Waals surface area contributed by atoms with E-state index >= 15 is 0 Å². The molecular weight excluding hydrogens is 194 g/mol. The van der Waals surface area contributed by atoms with Crippen LogP contribution in [0.5, 0.6) is 0 Å². The van der Waals surface area contributed by atoms with E-state index in [0.717, 1.165) is 12.8 Å². The quantitative estimate of drug-likeness (QED) is 0.816. The molecule has 1 heterocycles. The van der Waals surface area contributed by atoms with E-state index in [1.165, 1.54) is 10.4 Å². The lowest BCUT2D eigenvalue weighted by Crippen LogP contribution is -2.27. The normalized spacial score (nSPS) is 15.4. The highest BCUT2D eigenvalue weighted by Gasteiger charge is 2.20. The van der Waals surface area contributed by atoms with Crippen molar-refractivity contribution >= 4 is 11.3 Å². The summed E-state index contributed by atoms with van der Waals surface area (Å²) in [6, 6.07) is 2.14. The summed E-state index contributed by atoms with van der Waals surface area (Å²) in [4.78, 5) is 1.25. The van der Waals surface area contributed by atoms with Gasteiger partial charge < -0.3 is 10.5 Å². The number of ether oxygens (including phenoxy) is 1. The molecule has 1 aromatic heterocycles. The molecule has 0 fully saturated rings. The van der Waals surface area contributed by atoms with E-state index in [1.807, 2.05) is 0 Å². The predicted octanol–water partition coefficient (Wildman–Crippen LogP) is 2.87. The zero-order valence-electron chi connectivity index (χ0n) is 9.12. The molecule has 0 aliphatic carbocycles. The fourth-order valence-corrected chi connectivity index (χ4v) is 2.60. The Hall–Kier alpha value is -0.380. The molecule has 0 aliphatic heterocycles. The van der Waals surface area contributed by atoms with Crippen LogP contribution < -0.4 is 5.73 Å². The van der Waals surface area contributed by atoms with Crippen LogP contribution in [0.3, 0.4) is 0 Å². The fraction of sp³-hybridized carbons (Fsp3) is 0.636. The van der Waals surface area contributed by atoms with Crippen molar-refractivity contribution in [3.05, 3.63) is 21.9 Å². The first-order valence-electron chi connectivity index (χ1n) is 5.03. The topological polar surface area (TPSA) is 35.2 Å². The Morgan fingerprint density at radius 2 is 2.29 bits per heavy atom. The number of rotatable bonds is 5. The van der Waals surface area contributed by atoms with Gasteiger partial charge in [-0.05, 0) is 30.4 Å². The van der Waals surface area contributed by atoms with Gasteiger partial charge in [0.05, 0.1) is 12.1 Å². The zero-order valence-corrected chi connectivity index (χ0v) is 9.93. The van der Waals surface area contributed by atoms with Crippen molar-refractivity contribution in [2.45, 2.75) is 38.8 Å². The van der Waals surface area contributed by atoms with Gasteiger partial charge in [0.25, 0.3) is 0 Å². The minimum absolute atomic E-state index is 0.0277. The number of methoxy groups -OCH3 is 1. The van der Waals surface area contributed by atoms with Crippen molar-refractivity contribution in [3.8, 4) is 0 Å². The van der Waals surface area contributed by atoms with Crippen LogP contribution in [-0.4, -0.2) is 13.2 Å². The third kappa shape index (κ3) is 2.56. The van der Waals surface area contributed by atoms with E-state index < -0.39 is 0 Å². The van der Waals surface area contributed by atoms with Crippen LogP contribution in [0.15, 0.2) is 11.4 Å². The molecule has 1 rings (SSSR count). The summed E-state index contributed by atoms with van der Waals surface area (Å²) in [5.74, 6) is 0. The third-order valence-corrected chi connectivity index (χ3v) is 3.60. The van der Waals surface area contributed by atoms with E-state index in [2.05, 4.69) is 25.3 Å². The second-order valence-corrected chi connectivity index (χ2v) is 4.50. The number of hydrogen-bond donors (Lipinski definition) is 1. The second-order valence-electron chi connectivity index (χ2n) is 3.56. The molecule has 2 unspecified atom stereocenters. The summed E-state index contributed by atoms with van der Waals surface area (Å²) in [6.45, 7) is 4.25. The van der Waals surface area contributed by atoms with Gasteiger partial charge in [-0.2, -0.15) is 0 Å². The minimum Gasteiger partial charge on any atom is -0.379 e. The van der Waals surface area contributed by atoms with Crippen LogP contribution in [0.1, 0.15) is 36.2 Å². The van der Waals surface area contributed by atoms with Crippen LogP contribution in [0.25, 0.3) is 0 Å². The zero-order chi connectivity index (χ0) is 10.6.